The number of methoxy groups -OCH3 is 1. The Labute approximate surface area is 137 Å². The van der Waals surface area contributed by atoms with Crippen molar-refractivity contribution in [3.63, 3.8) is 0 Å². The number of nitrogens with one attached hydrogen (secondary N) is 1. The van der Waals surface area contributed by atoms with Crippen molar-refractivity contribution in [1.82, 2.24) is 4.72 Å². The largest absolute Gasteiger partial charge is 0.469 e. The lowest BCUT2D eigenvalue weighted by Gasteiger charge is -2.20. The molecule has 0 saturated heterocycles. The molecule has 0 heterocycles. The third-order valence-corrected chi connectivity index (χ3v) is 4.93. The van der Waals surface area contributed by atoms with E-state index >= 15 is 0 Å². The molecule has 0 radical (unpaired) electrons. The molecule has 0 amide bonds. The third-order valence-electron chi connectivity index (χ3n) is 3.42. The average Bonchev–Trinajstić information content (AvgIpc) is 2.52. The van der Waals surface area contributed by atoms with Crippen molar-refractivity contribution in [3.8, 4) is 0 Å². The first-order valence-electron chi connectivity index (χ1n) is 7.23. The van der Waals surface area contributed by atoms with Crippen LogP contribution in [0.3, 0.4) is 0 Å². The first-order valence-corrected chi connectivity index (χ1v) is 8.71. The van der Waals surface area contributed by atoms with Crippen LogP contribution in [0.15, 0.2) is 41.3 Å². The first-order chi connectivity index (χ1) is 10.8. The van der Waals surface area contributed by atoms with Crippen LogP contribution in [0.5, 0.6) is 0 Å². The Morgan fingerprint density at radius 1 is 1.35 bits per heavy atom. The van der Waals surface area contributed by atoms with Gasteiger partial charge in [-0.25, -0.2) is 13.1 Å². The van der Waals surface area contributed by atoms with Crippen LogP contribution in [0.1, 0.15) is 18.9 Å². The van der Waals surface area contributed by atoms with Crippen molar-refractivity contribution < 1.29 is 23.1 Å². The van der Waals surface area contributed by atoms with Gasteiger partial charge < -0.3 is 9.84 Å². The van der Waals surface area contributed by atoms with Crippen LogP contribution in [-0.2, 0) is 19.6 Å². The summed E-state index contributed by atoms with van der Waals surface area (Å²) in [5.74, 6) is -0.667. The minimum atomic E-state index is -3.71. The van der Waals surface area contributed by atoms with Gasteiger partial charge in [0.1, 0.15) is 0 Å². The number of carbonyl (C=O) groups excluding carboxylic acids is 1. The van der Waals surface area contributed by atoms with Crippen LogP contribution in [0.2, 0.25) is 0 Å². The van der Waals surface area contributed by atoms with Gasteiger partial charge in [-0.15, -0.1) is 0 Å². The summed E-state index contributed by atoms with van der Waals surface area (Å²) in [5.41, 5.74) is 0.960. The number of hydrogen-bond donors (Lipinski definition) is 2. The fourth-order valence-electron chi connectivity index (χ4n) is 1.89. The van der Waals surface area contributed by atoms with E-state index in [-0.39, 0.29) is 29.8 Å². The summed E-state index contributed by atoms with van der Waals surface area (Å²) in [7, 11) is -2.42. The summed E-state index contributed by atoms with van der Waals surface area (Å²) in [6, 6.07) is 5.77. The number of aliphatic hydroxyl groups is 1. The number of ether oxygens (including phenoxy) is 1. The van der Waals surface area contributed by atoms with Gasteiger partial charge in [0.2, 0.25) is 10.0 Å². The number of benzene rings is 1. The van der Waals surface area contributed by atoms with E-state index in [0.717, 1.165) is 5.56 Å². The minimum absolute atomic E-state index is 0.101. The number of sulfonamides is 1. The predicted octanol–water partition coefficient (Wildman–Crippen LogP) is 1.39. The van der Waals surface area contributed by atoms with Crippen molar-refractivity contribution >= 4 is 16.0 Å². The number of aliphatic hydroxyl groups excluding tert-OH is 1. The number of rotatable bonds is 8. The molecule has 0 fully saturated rings. The maximum atomic E-state index is 12.3. The fraction of sp³-hybridized carbons (Fsp3) is 0.438. The molecular formula is C16H23NO5S. The van der Waals surface area contributed by atoms with Crippen molar-refractivity contribution in [2.75, 3.05) is 13.7 Å². The fourth-order valence-corrected chi connectivity index (χ4v) is 3.21. The van der Waals surface area contributed by atoms with Gasteiger partial charge in [-0.3, -0.25) is 4.79 Å². The monoisotopic (exact) mass is 341 g/mol. The lowest BCUT2D eigenvalue weighted by Crippen LogP contribution is -2.41. The van der Waals surface area contributed by atoms with E-state index in [1.165, 1.54) is 19.2 Å². The molecule has 0 bridgehead atoms. The SMILES string of the molecule is COC(=O)C/C=C/[C@H](C)[C@H](CO)NS(=O)(=O)c1ccc(C)cc1. The second-order valence-electron chi connectivity index (χ2n) is 5.29. The maximum Gasteiger partial charge on any atom is 0.309 e. The Kier molecular flexibility index (Phi) is 7.41. The number of carbonyl (C=O) groups is 1. The Morgan fingerprint density at radius 2 is 1.96 bits per heavy atom. The Hall–Kier alpha value is -1.70. The topological polar surface area (TPSA) is 92.7 Å². The molecule has 0 aliphatic carbocycles. The molecule has 1 rings (SSSR count). The summed E-state index contributed by atoms with van der Waals surface area (Å²) >= 11 is 0. The molecule has 1 aromatic carbocycles. The van der Waals surface area contributed by atoms with E-state index in [1.807, 2.05) is 6.92 Å². The summed E-state index contributed by atoms with van der Waals surface area (Å²) in [6.07, 6.45) is 3.37. The van der Waals surface area contributed by atoms with E-state index < -0.39 is 16.1 Å². The summed E-state index contributed by atoms with van der Waals surface area (Å²) in [6.45, 7) is 3.27. The molecule has 0 aliphatic rings. The zero-order valence-electron chi connectivity index (χ0n) is 13.5. The highest BCUT2D eigenvalue weighted by Gasteiger charge is 2.22. The van der Waals surface area contributed by atoms with E-state index in [1.54, 1.807) is 31.2 Å². The summed E-state index contributed by atoms with van der Waals surface area (Å²) in [4.78, 5) is 11.2. The van der Waals surface area contributed by atoms with Gasteiger partial charge in [-0.05, 0) is 25.0 Å². The second kappa shape index (κ2) is 8.81. The van der Waals surface area contributed by atoms with E-state index in [4.69, 9.17) is 0 Å². The quantitative estimate of drug-likeness (QED) is 0.551. The smallest absolute Gasteiger partial charge is 0.309 e. The van der Waals surface area contributed by atoms with Crippen molar-refractivity contribution in [1.29, 1.82) is 0 Å². The molecule has 0 aliphatic heterocycles. The number of hydrogen-bond acceptors (Lipinski definition) is 5. The Balaban J connectivity index is 2.77. The minimum Gasteiger partial charge on any atom is -0.469 e. The molecule has 1 aromatic rings. The molecular weight excluding hydrogens is 318 g/mol. The standard InChI is InChI=1S/C16H23NO5S/c1-12-7-9-14(10-8-12)23(20,21)17-15(11-18)13(2)5-4-6-16(19)22-3/h4-5,7-10,13,15,17-18H,6,11H2,1-3H3/b5-4+/t13-,15-/m0/s1. The molecule has 2 atom stereocenters. The normalized spacial score (nSPS) is 14.6. The van der Waals surface area contributed by atoms with Crippen LogP contribution < -0.4 is 4.72 Å². The molecule has 23 heavy (non-hydrogen) atoms. The van der Waals surface area contributed by atoms with Gasteiger partial charge in [0.05, 0.1) is 31.1 Å². The molecule has 7 heteroatoms. The predicted molar refractivity (Wildman–Crippen MR) is 87.3 cm³/mol. The summed E-state index contributed by atoms with van der Waals surface area (Å²) in [5, 5.41) is 9.45. The summed E-state index contributed by atoms with van der Waals surface area (Å²) < 4.78 is 31.7. The number of esters is 1. The zero-order valence-corrected chi connectivity index (χ0v) is 14.3. The Bertz CT molecular complexity index is 637. The molecule has 0 spiro atoms. The molecule has 0 saturated carbocycles. The highest BCUT2D eigenvalue weighted by molar-refractivity contribution is 7.89. The van der Waals surface area contributed by atoms with Gasteiger partial charge in [-0.2, -0.15) is 0 Å². The molecule has 0 aromatic heterocycles. The molecule has 2 N–H and O–H groups in total. The van der Waals surface area contributed by atoms with Crippen LogP contribution in [-0.4, -0.2) is 39.3 Å². The lowest BCUT2D eigenvalue weighted by molar-refractivity contribution is -0.139. The number of aryl methyl sites for hydroxylation is 1. The van der Waals surface area contributed by atoms with Gasteiger partial charge in [0.15, 0.2) is 0 Å². The molecule has 128 valence electrons. The van der Waals surface area contributed by atoms with Crippen LogP contribution >= 0.6 is 0 Å². The van der Waals surface area contributed by atoms with Gasteiger partial charge in [-0.1, -0.05) is 36.8 Å². The average molecular weight is 341 g/mol. The van der Waals surface area contributed by atoms with E-state index in [9.17, 15) is 18.3 Å². The van der Waals surface area contributed by atoms with E-state index in [2.05, 4.69) is 9.46 Å². The van der Waals surface area contributed by atoms with Crippen molar-refractivity contribution in [2.45, 2.75) is 31.2 Å². The van der Waals surface area contributed by atoms with Crippen molar-refractivity contribution in [2.24, 2.45) is 5.92 Å². The second-order valence-corrected chi connectivity index (χ2v) is 7.00. The maximum absolute atomic E-state index is 12.3. The first kappa shape index (κ1) is 19.3. The third kappa shape index (κ3) is 6.13. The zero-order chi connectivity index (χ0) is 17.5. The molecule has 6 nitrogen and oxygen atoms in total. The molecule has 0 unspecified atom stereocenters. The van der Waals surface area contributed by atoms with E-state index in [0.29, 0.717) is 0 Å². The van der Waals surface area contributed by atoms with Crippen LogP contribution in [0.25, 0.3) is 0 Å². The van der Waals surface area contributed by atoms with Crippen molar-refractivity contribution in [3.05, 3.63) is 42.0 Å². The van der Waals surface area contributed by atoms with Gasteiger partial charge in [0.25, 0.3) is 0 Å². The highest BCUT2D eigenvalue weighted by Crippen LogP contribution is 2.13. The Morgan fingerprint density at radius 3 is 2.48 bits per heavy atom. The van der Waals surface area contributed by atoms with Crippen LogP contribution in [0.4, 0.5) is 0 Å². The highest BCUT2D eigenvalue weighted by atomic mass is 32.2. The van der Waals surface area contributed by atoms with Crippen LogP contribution in [0, 0.1) is 12.8 Å². The van der Waals surface area contributed by atoms with Gasteiger partial charge >= 0.3 is 5.97 Å². The van der Waals surface area contributed by atoms with Gasteiger partial charge in [0, 0.05) is 0 Å². The lowest BCUT2D eigenvalue weighted by atomic mass is 10.0.